The highest BCUT2D eigenvalue weighted by Crippen LogP contribution is 2.52. The Kier molecular flexibility index (Phi) is 14.4. The summed E-state index contributed by atoms with van der Waals surface area (Å²) in [6.45, 7) is 15.4. The minimum absolute atomic E-state index is 0.366. The van der Waals surface area contributed by atoms with Crippen LogP contribution in [0.4, 0.5) is 0 Å². The molecule has 5 aliphatic carbocycles. The molecule has 0 saturated heterocycles. The van der Waals surface area contributed by atoms with Crippen molar-refractivity contribution < 1.29 is 4.79 Å². The van der Waals surface area contributed by atoms with Crippen LogP contribution in [0.5, 0.6) is 0 Å². The lowest BCUT2D eigenvalue weighted by atomic mass is 9.64. The molecule has 336 valence electrons. The van der Waals surface area contributed by atoms with Crippen LogP contribution in [-0.2, 0) is 44.9 Å². The van der Waals surface area contributed by atoms with Gasteiger partial charge in [0.2, 0.25) is 0 Å². The molecule has 65 heavy (non-hydrogen) atoms. The topological polar surface area (TPSA) is 17.1 Å². The molecule has 0 spiro atoms. The van der Waals surface area contributed by atoms with Crippen LogP contribution in [0.1, 0.15) is 170 Å². The van der Waals surface area contributed by atoms with Crippen molar-refractivity contribution in [1.82, 2.24) is 0 Å². The Labute approximate surface area is 392 Å². The fourth-order valence-electron chi connectivity index (χ4n) is 13.0. The summed E-state index contributed by atoms with van der Waals surface area (Å²) in [5.74, 6) is 1.50. The lowest BCUT2D eigenvalue weighted by molar-refractivity contribution is 0.112. The molecular weight excluding hydrogens is 785 g/mol. The lowest BCUT2D eigenvalue weighted by Gasteiger charge is -2.40. The first-order chi connectivity index (χ1) is 31.8. The smallest absolute Gasteiger partial charge is 0.151 e. The first kappa shape index (κ1) is 45.2. The number of carbonyl (C=O) groups excluding carboxylic acids is 1. The minimum Gasteiger partial charge on any atom is -0.298 e. The number of fused-ring (bicyclic) bond motifs is 4. The molecule has 3 unspecified atom stereocenters. The van der Waals surface area contributed by atoms with Gasteiger partial charge in [-0.2, -0.15) is 0 Å². The molecule has 5 aliphatic rings. The first-order valence-corrected chi connectivity index (χ1v) is 25.8. The number of hydrogen-bond acceptors (Lipinski definition) is 1. The van der Waals surface area contributed by atoms with Gasteiger partial charge in [0.25, 0.3) is 0 Å². The zero-order chi connectivity index (χ0) is 44.9. The van der Waals surface area contributed by atoms with Gasteiger partial charge in [-0.25, -0.2) is 0 Å². The predicted octanol–water partition coefficient (Wildman–Crippen LogP) is 16.8. The van der Waals surface area contributed by atoms with E-state index in [0.717, 1.165) is 49.7 Å². The van der Waals surface area contributed by atoms with Crippen LogP contribution in [-0.4, -0.2) is 6.29 Å². The van der Waals surface area contributed by atoms with E-state index in [1.54, 1.807) is 39.0 Å². The van der Waals surface area contributed by atoms with Crippen molar-refractivity contribution in [3.05, 3.63) is 188 Å². The van der Waals surface area contributed by atoms with Crippen LogP contribution < -0.4 is 0 Å². The van der Waals surface area contributed by atoms with Gasteiger partial charge in [0.05, 0.1) is 0 Å². The van der Waals surface area contributed by atoms with Crippen molar-refractivity contribution in [2.24, 2.45) is 17.8 Å². The molecule has 1 heteroatoms. The highest BCUT2D eigenvalue weighted by Gasteiger charge is 2.36. The number of aldehydes is 1. The molecule has 0 radical (unpaired) electrons. The minimum atomic E-state index is 0.366. The van der Waals surface area contributed by atoms with Crippen molar-refractivity contribution in [3.63, 3.8) is 0 Å². The third-order valence-corrected chi connectivity index (χ3v) is 16.4. The molecule has 2 saturated carbocycles. The maximum absolute atomic E-state index is 13.5. The molecule has 4 aromatic carbocycles. The molecule has 3 atom stereocenters. The zero-order valence-corrected chi connectivity index (χ0v) is 40.1. The number of carbonyl (C=O) groups is 1. The van der Waals surface area contributed by atoms with E-state index in [0.29, 0.717) is 17.8 Å². The molecule has 0 amide bonds. The van der Waals surface area contributed by atoms with E-state index in [1.807, 2.05) is 6.08 Å². The van der Waals surface area contributed by atoms with E-state index < -0.39 is 0 Å². The maximum Gasteiger partial charge on any atom is 0.151 e. The van der Waals surface area contributed by atoms with Gasteiger partial charge < -0.3 is 0 Å². The second-order valence-corrected chi connectivity index (χ2v) is 20.6. The summed E-state index contributed by atoms with van der Waals surface area (Å²) < 4.78 is 0. The second-order valence-electron chi connectivity index (χ2n) is 20.6. The molecule has 0 bridgehead atoms. The Balaban J connectivity index is 0.981. The normalized spacial score (nSPS) is 20.4. The lowest BCUT2D eigenvalue weighted by Crippen LogP contribution is -2.26. The Hall–Kier alpha value is -5.01. The summed E-state index contributed by atoms with van der Waals surface area (Å²) in [5.41, 5.74) is 26.7. The van der Waals surface area contributed by atoms with Crippen molar-refractivity contribution in [2.45, 2.75) is 156 Å². The predicted molar refractivity (Wildman–Crippen MR) is 278 cm³/mol. The van der Waals surface area contributed by atoms with Gasteiger partial charge in [0.15, 0.2) is 6.29 Å². The molecule has 0 aromatic heterocycles. The molecule has 0 N–H and O–H groups in total. The van der Waals surface area contributed by atoms with E-state index in [9.17, 15) is 4.79 Å². The number of allylic oxidation sites excluding steroid dienone is 10. The number of rotatable bonds is 15. The van der Waals surface area contributed by atoms with Crippen molar-refractivity contribution in [3.8, 4) is 11.1 Å². The van der Waals surface area contributed by atoms with Gasteiger partial charge in [0, 0.05) is 5.56 Å². The first-order valence-electron chi connectivity index (χ1n) is 25.8. The highest BCUT2D eigenvalue weighted by atomic mass is 16.1. The number of hydrogen-bond donors (Lipinski definition) is 0. The van der Waals surface area contributed by atoms with Gasteiger partial charge >= 0.3 is 0 Å². The standard InChI is InChI=1S/C64H74O/c1-6-43(3)36-59(45(5)39-61-55-28-16-10-22-49(55)40-50-23-11-17-29-56(50)61)53-26-14-8-20-47(53)34-32-46(7-2)33-35-48-21-9-15-27-54(48)60-37-44(4)38-62(63(60)42-65)64-57-30-18-12-24-51(57)41-52-25-13-19-31-58(52)64/h6-9,14-15,20-21,26-27,36-38,40-42,46,51,57H,1-2,10-13,16-19,22-25,28-35,39H2,3-5H3/b43-36-,59-45+. The summed E-state index contributed by atoms with van der Waals surface area (Å²) in [6.07, 6.45) is 35.7. The fourth-order valence-corrected chi connectivity index (χ4v) is 13.0. The Bertz CT molecular complexity index is 2550. The third kappa shape index (κ3) is 9.64. The molecule has 1 nitrogen and oxygen atoms in total. The Morgan fingerprint density at radius 3 is 2.09 bits per heavy atom. The molecule has 4 aromatic rings. The Morgan fingerprint density at radius 1 is 0.708 bits per heavy atom. The summed E-state index contributed by atoms with van der Waals surface area (Å²) in [5, 5.41) is 0. The Morgan fingerprint density at radius 2 is 1.35 bits per heavy atom. The van der Waals surface area contributed by atoms with Crippen molar-refractivity contribution >= 4 is 17.4 Å². The van der Waals surface area contributed by atoms with Crippen molar-refractivity contribution in [1.29, 1.82) is 0 Å². The quantitative estimate of drug-likeness (QED) is 0.0661. The van der Waals surface area contributed by atoms with Gasteiger partial charge in [-0.05, 0) is 250 Å². The number of benzene rings is 4. The van der Waals surface area contributed by atoms with E-state index in [2.05, 4.69) is 119 Å². The largest absolute Gasteiger partial charge is 0.298 e. The SMILES string of the molecule is C=C/C(C)=C\C(=C(\C)Cc1c2c(cc3c1CCCC3)CCCC2)c1ccccc1CCC(C=C)CCc1ccccc1-c1cc(C)cc(C2=C3CCCCC3=CC3CCCCC23)c1C=O. The van der Waals surface area contributed by atoms with Gasteiger partial charge in [-0.3, -0.25) is 4.79 Å². The van der Waals surface area contributed by atoms with Crippen LogP contribution in [0, 0.1) is 24.7 Å². The fraction of sp³-hybridized carbons (Fsp3) is 0.422. The molecule has 2 fully saturated rings. The van der Waals surface area contributed by atoms with E-state index in [-0.39, 0.29) is 0 Å². The molecular formula is C64H74O. The second kappa shape index (κ2) is 20.7. The number of aryl methyl sites for hydroxylation is 5. The molecule has 0 heterocycles. The van der Waals surface area contributed by atoms with Crippen LogP contribution >= 0.6 is 0 Å². The maximum atomic E-state index is 13.5. The monoisotopic (exact) mass is 859 g/mol. The summed E-state index contributed by atoms with van der Waals surface area (Å²) in [6, 6.07) is 25.3. The zero-order valence-electron chi connectivity index (χ0n) is 40.1. The summed E-state index contributed by atoms with van der Waals surface area (Å²) >= 11 is 0. The van der Waals surface area contributed by atoms with Gasteiger partial charge in [-0.15, -0.1) is 6.58 Å². The van der Waals surface area contributed by atoms with Crippen LogP contribution in [0.15, 0.2) is 126 Å². The van der Waals surface area contributed by atoms with E-state index >= 15 is 0 Å². The van der Waals surface area contributed by atoms with Gasteiger partial charge in [-0.1, -0.05) is 122 Å². The van der Waals surface area contributed by atoms with Crippen LogP contribution in [0.2, 0.25) is 0 Å². The average molecular weight is 859 g/mol. The molecule has 0 aliphatic heterocycles. The summed E-state index contributed by atoms with van der Waals surface area (Å²) in [7, 11) is 0. The van der Waals surface area contributed by atoms with E-state index in [4.69, 9.17) is 0 Å². The highest BCUT2D eigenvalue weighted by molar-refractivity contribution is 5.97. The average Bonchev–Trinajstić information content (AvgIpc) is 3.34. The third-order valence-electron chi connectivity index (χ3n) is 16.4. The van der Waals surface area contributed by atoms with Gasteiger partial charge in [0.1, 0.15) is 0 Å². The molecule has 9 rings (SSSR count). The van der Waals surface area contributed by atoms with E-state index in [1.165, 1.54) is 158 Å². The summed E-state index contributed by atoms with van der Waals surface area (Å²) in [4.78, 5) is 13.5. The van der Waals surface area contributed by atoms with Crippen LogP contribution in [0.25, 0.3) is 22.3 Å². The van der Waals surface area contributed by atoms with Crippen LogP contribution in [0.3, 0.4) is 0 Å². The van der Waals surface area contributed by atoms with Crippen molar-refractivity contribution in [2.75, 3.05) is 0 Å².